The fourth-order valence-electron chi connectivity index (χ4n) is 1.86. The van der Waals surface area contributed by atoms with E-state index in [0.29, 0.717) is 6.54 Å². The molecule has 0 aromatic carbocycles. The predicted octanol–water partition coefficient (Wildman–Crippen LogP) is 2.44. The van der Waals surface area contributed by atoms with Crippen LogP contribution in [0.3, 0.4) is 0 Å². The number of hydrogen-bond donors (Lipinski definition) is 0. The zero-order valence-electron chi connectivity index (χ0n) is 11.1. The minimum absolute atomic E-state index is 0.314. The first kappa shape index (κ1) is 12.7. The van der Waals surface area contributed by atoms with Gasteiger partial charge in [-0.2, -0.15) is 0 Å². The van der Waals surface area contributed by atoms with Crippen LogP contribution in [-0.2, 0) is 4.74 Å². The molecule has 0 N–H and O–H groups in total. The summed E-state index contributed by atoms with van der Waals surface area (Å²) in [5.41, 5.74) is -0.477. The Morgan fingerprint density at radius 1 is 1.33 bits per heavy atom. The van der Waals surface area contributed by atoms with E-state index < -0.39 is 5.60 Å². The molecule has 18 heavy (non-hydrogen) atoms. The maximum Gasteiger partial charge on any atom is 0.429 e. The van der Waals surface area contributed by atoms with Crippen molar-refractivity contribution in [2.45, 2.75) is 32.8 Å². The molecule has 0 atom stereocenters. The third-order valence-corrected chi connectivity index (χ3v) is 2.55. The topological polar surface area (TPSA) is 45.7 Å². The summed E-state index contributed by atoms with van der Waals surface area (Å²) in [6.07, 6.45) is 2.34. The highest BCUT2D eigenvalue weighted by Gasteiger charge is 2.31. The highest BCUT2D eigenvalue weighted by atomic mass is 16.6. The molecule has 1 saturated heterocycles. The lowest BCUT2D eigenvalue weighted by Crippen LogP contribution is -2.44. The fraction of sp³-hybridized carbons (Fsp3) is 0.538. The van der Waals surface area contributed by atoms with E-state index in [-0.39, 0.29) is 6.09 Å². The molecule has 1 aromatic heterocycles. The van der Waals surface area contributed by atoms with E-state index in [1.165, 1.54) is 0 Å². The number of pyridine rings is 1. The molecule has 2 rings (SSSR count). The van der Waals surface area contributed by atoms with Crippen molar-refractivity contribution < 1.29 is 9.53 Å². The largest absolute Gasteiger partial charge is 0.442 e. The number of carbonyl (C=O) groups is 1. The average Bonchev–Trinajstić information content (AvgIpc) is 2.76. The Morgan fingerprint density at radius 2 is 2.11 bits per heavy atom. The Bertz CT molecular complexity index is 414. The van der Waals surface area contributed by atoms with Gasteiger partial charge in [0.05, 0.1) is 0 Å². The monoisotopic (exact) mass is 249 g/mol. The summed E-state index contributed by atoms with van der Waals surface area (Å²) in [4.78, 5) is 16.3. The number of anilines is 1. The number of rotatable bonds is 1. The summed E-state index contributed by atoms with van der Waals surface area (Å²) in [7, 11) is 0. The van der Waals surface area contributed by atoms with Gasteiger partial charge in [-0.15, -0.1) is 0 Å². The molecule has 0 aliphatic carbocycles. The summed E-state index contributed by atoms with van der Waals surface area (Å²) >= 11 is 0. The normalized spacial score (nSPS) is 15.9. The van der Waals surface area contributed by atoms with Gasteiger partial charge in [0.15, 0.2) is 0 Å². The van der Waals surface area contributed by atoms with Crippen molar-refractivity contribution in [3.63, 3.8) is 0 Å². The number of aromatic nitrogens is 1. The molecule has 1 amide bonds. The zero-order valence-corrected chi connectivity index (χ0v) is 11.1. The summed E-state index contributed by atoms with van der Waals surface area (Å²) < 4.78 is 5.39. The molecule has 0 radical (unpaired) electrons. The number of carbonyl (C=O) groups excluding carboxylic acids is 1. The molecule has 5 heteroatoms. The Balaban J connectivity index is 2.11. The van der Waals surface area contributed by atoms with Crippen LogP contribution < -0.4 is 5.01 Å². The van der Waals surface area contributed by atoms with Crippen LogP contribution in [-0.4, -0.2) is 34.8 Å². The quantitative estimate of drug-likeness (QED) is 0.767. The van der Waals surface area contributed by atoms with E-state index in [1.54, 1.807) is 11.2 Å². The Labute approximate surface area is 107 Å². The first-order valence-electron chi connectivity index (χ1n) is 6.16. The Kier molecular flexibility index (Phi) is 3.41. The van der Waals surface area contributed by atoms with Gasteiger partial charge in [0.25, 0.3) is 0 Å². The zero-order chi connectivity index (χ0) is 13.2. The van der Waals surface area contributed by atoms with Crippen LogP contribution in [0.5, 0.6) is 0 Å². The maximum absolute atomic E-state index is 12.1. The van der Waals surface area contributed by atoms with E-state index in [1.807, 2.05) is 44.0 Å². The van der Waals surface area contributed by atoms with E-state index >= 15 is 0 Å². The second-order valence-corrected chi connectivity index (χ2v) is 5.27. The van der Waals surface area contributed by atoms with Gasteiger partial charge in [-0.1, -0.05) is 6.07 Å². The Hall–Kier alpha value is -1.78. The molecule has 1 aliphatic rings. The van der Waals surface area contributed by atoms with Crippen molar-refractivity contribution in [3.05, 3.63) is 24.4 Å². The smallest absolute Gasteiger partial charge is 0.429 e. The predicted molar refractivity (Wildman–Crippen MR) is 69.1 cm³/mol. The van der Waals surface area contributed by atoms with Crippen LogP contribution in [0.25, 0.3) is 0 Å². The molecular formula is C13H19N3O2. The standard InChI is InChI=1S/C13H19N3O2/c1-13(2,3)18-12(17)16-10-6-9-15(16)11-7-4-5-8-14-11/h4-5,7-8H,6,9-10H2,1-3H3. The van der Waals surface area contributed by atoms with E-state index in [0.717, 1.165) is 18.8 Å². The lowest BCUT2D eigenvalue weighted by molar-refractivity contribution is 0.0272. The molecular weight excluding hydrogens is 230 g/mol. The third kappa shape index (κ3) is 2.91. The molecule has 0 unspecified atom stereocenters. The van der Waals surface area contributed by atoms with Crippen molar-refractivity contribution >= 4 is 11.9 Å². The van der Waals surface area contributed by atoms with Crippen LogP contribution in [0.1, 0.15) is 27.2 Å². The van der Waals surface area contributed by atoms with E-state index in [9.17, 15) is 4.79 Å². The van der Waals surface area contributed by atoms with Crippen LogP contribution in [0.4, 0.5) is 10.6 Å². The fourth-order valence-corrected chi connectivity index (χ4v) is 1.86. The van der Waals surface area contributed by atoms with Crippen LogP contribution in [0.15, 0.2) is 24.4 Å². The number of ether oxygens (including phenoxy) is 1. The van der Waals surface area contributed by atoms with E-state index in [2.05, 4.69) is 4.98 Å². The van der Waals surface area contributed by atoms with E-state index in [4.69, 9.17) is 4.74 Å². The van der Waals surface area contributed by atoms with Gasteiger partial charge in [-0.3, -0.25) is 5.01 Å². The van der Waals surface area contributed by atoms with Gasteiger partial charge in [0.2, 0.25) is 0 Å². The average molecular weight is 249 g/mol. The lowest BCUT2D eigenvalue weighted by Gasteiger charge is -2.30. The maximum atomic E-state index is 12.1. The van der Waals surface area contributed by atoms with Crippen LogP contribution in [0.2, 0.25) is 0 Å². The van der Waals surface area contributed by atoms with Gasteiger partial charge in [0, 0.05) is 19.3 Å². The minimum Gasteiger partial charge on any atom is -0.442 e. The van der Waals surface area contributed by atoms with Crippen LogP contribution >= 0.6 is 0 Å². The summed E-state index contributed by atoms with van der Waals surface area (Å²) in [6.45, 7) is 7.06. The second-order valence-electron chi connectivity index (χ2n) is 5.27. The van der Waals surface area contributed by atoms with Gasteiger partial charge >= 0.3 is 6.09 Å². The number of hydrazine groups is 1. The van der Waals surface area contributed by atoms with Crippen molar-refractivity contribution in [2.24, 2.45) is 0 Å². The second kappa shape index (κ2) is 4.84. The molecule has 98 valence electrons. The van der Waals surface area contributed by atoms with Gasteiger partial charge < -0.3 is 4.74 Å². The van der Waals surface area contributed by atoms with Gasteiger partial charge in [0.1, 0.15) is 11.4 Å². The van der Waals surface area contributed by atoms with Gasteiger partial charge in [-0.25, -0.2) is 14.8 Å². The van der Waals surface area contributed by atoms with Crippen molar-refractivity contribution in [2.75, 3.05) is 18.1 Å². The molecule has 1 aromatic rings. The number of hydrogen-bond acceptors (Lipinski definition) is 4. The molecule has 2 heterocycles. The third-order valence-electron chi connectivity index (χ3n) is 2.55. The molecule has 1 fully saturated rings. The highest BCUT2D eigenvalue weighted by molar-refractivity contribution is 5.71. The molecule has 1 aliphatic heterocycles. The lowest BCUT2D eigenvalue weighted by atomic mass is 10.2. The molecule has 0 spiro atoms. The first-order chi connectivity index (χ1) is 8.47. The SMILES string of the molecule is CC(C)(C)OC(=O)N1CCCN1c1ccccn1. The highest BCUT2D eigenvalue weighted by Crippen LogP contribution is 2.21. The first-order valence-corrected chi connectivity index (χ1v) is 6.16. The van der Waals surface area contributed by atoms with Gasteiger partial charge in [-0.05, 0) is 39.3 Å². The number of amides is 1. The number of nitrogens with zero attached hydrogens (tertiary/aromatic N) is 3. The molecule has 0 bridgehead atoms. The molecule has 5 nitrogen and oxygen atoms in total. The summed E-state index contributed by atoms with van der Waals surface area (Å²) in [6, 6.07) is 5.66. The van der Waals surface area contributed by atoms with Crippen LogP contribution in [0, 0.1) is 0 Å². The van der Waals surface area contributed by atoms with Crippen molar-refractivity contribution in [1.29, 1.82) is 0 Å². The molecule has 0 saturated carbocycles. The van der Waals surface area contributed by atoms with Crippen molar-refractivity contribution in [1.82, 2.24) is 9.99 Å². The summed E-state index contributed by atoms with van der Waals surface area (Å²) in [5.74, 6) is 0.779. The summed E-state index contributed by atoms with van der Waals surface area (Å²) in [5, 5.41) is 3.49. The Morgan fingerprint density at radius 3 is 2.72 bits per heavy atom. The minimum atomic E-state index is -0.477. The van der Waals surface area contributed by atoms with Crippen molar-refractivity contribution in [3.8, 4) is 0 Å².